The van der Waals surface area contributed by atoms with Crippen LogP contribution < -0.4 is 5.56 Å². The third-order valence-corrected chi connectivity index (χ3v) is 4.31. The van der Waals surface area contributed by atoms with Gasteiger partial charge in [0.25, 0.3) is 5.56 Å². The van der Waals surface area contributed by atoms with Crippen LogP contribution in [0.25, 0.3) is 10.9 Å². The highest BCUT2D eigenvalue weighted by molar-refractivity contribution is 7.15. The van der Waals surface area contributed by atoms with E-state index < -0.39 is 11.9 Å². The van der Waals surface area contributed by atoms with Crippen molar-refractivity contribution in [1.82, 2.24) is 9.55 Å². The van der Waals surface area contributed by atoms with Crippen LogP contribution in [0.15, 0.2) is 4.79 Å². The van der Waals surface area contributed by atoms with Crippen LogP contribution in [-0.4, -0.2) is 34.7 Å². The number of hydrogen-bond acceptors (Lipinski definition) is 7. The molecule has 0 radical (unpaired) electrons. The van der Waals surface area contributed by atoms with Gasteiger partial charge in [-0.1, -0.05) is 0 Å². The molecule has 2 rings (SSSR count). The van der Waals surface area contributed by atoms with Crippen molar-refractivity contribution in [2.75, 3.05) is 13.2 Å². The molecule has 0 unspecified atom stereocenters. The molecule has 0 aromatic carbocycles. The molecule has 23 heavy (non-hydrogen) atoms. The summed E-state index contributed by atoms with van der Waals surface area (Å²) in [5.41, 5.74) is -0.0292. The molecule has 0 amide bonds. The minimum atomic E-state index is -0.502. The predicted molar refractivity (Wildman–Crippen MR) is 85.9 cm³/mol. The Balaban J connectivity index is 2.59. The first-order valence-corrected chi connectivity index (χ1v) is 8.05. The van der Waals surface area contributed by atoms with Gasteiger partial charge >= 0.3 is 11.9 Å². The van der Waals surface area contributed by atoms with Crippen LogP contribution in [0.4, 0.5) is 0 Å². The van der Waals surface area contributed by atoms with E-state index in [-0.39, 0.29) is 25.3 Å². The Kier molecular flexibility index (Phi) is 5.15. The molecule has 2 aromatic rings. The van der Waals surface area contributed by atoms with Gasteiger partial charge < -0.3 is 9.47 Å². The molecule has 8 heteroatoms. The first kappa shape index (κ1) is 17.1. The molecule has 0 saturated carbocycles. The van der Waals surface area contributed by atoms with E-state index in [1.165, 1.54) is 15.9 Å². The number of carbonyl (C=O) groups is 2. The Bertz CT molecular complexity index is 821. The van der Waals surface area contributed by atoms with Gasteiger partial charge in [-0.05, 0) is 27.7 Å². The first-order chi connectivity index (χ1) is 10.9. The zero-order valence-corrected chi connectivity index (χ0v) is 14.3. The fraction of sp³-hybridized carbons (Fsp3) is 0.467. The summed E-state index contributed by atoms with van der Waals surface area (Å²) >= 11 is 1.17. The maximum absolute atomic E-state index is 12.7. The van der Waals surface area contributed by atoms with Crippen molar-refractivity contribution in [1.29, 1.82) is 0 Å². The second-order valence-corrected chi connectivity index (χ2v) is 6.01. The SMILES string of the molecule is CCOC(=O)Cn1c(C)nc2c(C(=O)OCC)sc(C)c2c1=O. The molecule has 2 heterocycles. The Hall–Kier alpha value is -2.22. The van der Waals surface area contributed by atoms with Crippen molar-refractivity contribution < 1.29 is 19.1 Å². The van der Waals surface area contributed by atoms with E-state index in [0.717, 1.165) is 0 Å². The van der Waals surface area contributed by atoms with Crippen LogP contribution in [0.2, 0.25) is 0 Å². The number of carbonyl (C=O) groups excluding carboxylic acids is 2. The monoisotopic (exact) mass is 338 g/mol. The molecule has 7 nitrogen and oxygen atoms in total. The van der Waals surface area contributed by atoms with Gasteiger partial charge in [0.2, 0.25) is 0 Å². The number of ether oxygens (including phenoxy) is 2. The van der Waals surface area contributed by atoms with Gasteiger partial charge in [0, 0.05) is 4.88 Å². The number of hydrogen-bond donors (Lipinski definition) is 0. The minimum Gasteiger partial charge on any atom is -0.465 e. The topological polar surface area (TPSA) is 87.5 Å². The average Bonchev–Trinajstić information content (AvgIpc) is 2.81. The lowest BCUT2D eigenvalue weighted by Crippen LogP contribution is -2.28. The second-order valence-electron chi connectivity index (χ2n) is 4.79. The summed E-state index contributed by atoms with van der Waals surface area (Å²) < 4.78 is 11.1. The van der Waals surface area contributed by atoms with Gasteiger partial charge in [-0.2, -0.15) is 0 Å². The molecule has 124 valence electrons. The van der Waals surface area contributed by atoms with Crippen molar-refractivity contribution >= 4 is 34.2 Å². The summed E-state index contributed by atoms with van der Waals surface area (Å²) in [4.78, 5) is 41.6. The van der Waals surface area contributed by atoms with E-state index in [1.807, 2.05) is 0 Å². The van der Waals surface area contributed by atoms with Crippen molar-refractivity contribution in [2.45, 2.75) is 34.2 Å². The lowest BCUT2D eigenvalue weighted by atomic mass is 10.2. The molecule has 0 aliphatic carbocycles. The largest absolute Gasteiger partial charge is 0.465 e. The molecule has 0 fully saturated rings. The summed E-state index contributed by atoms with van der Waals surface area (Å²) in [5, 5.41) is 0.341. The summed E-state index contributed by atoms with van der Waals surface area (Å²) in [6.45, 7) is 7.05. The molecule has 0 aliphatic rings. The highest BCUT2D eigenvalue weighted by Crippen LogP contribution is 2.28. The van der Waals surface area contributed by atoms with Gasteiger partial charge in [-0.3, -0.25) is 14.2 Å². The van der Waals surface area contributed by atoms with Gasteiger partial charge in [0.1, 0.15) is 22.8 Å². The number of thiophene rings is 1. The lowest BCUT2D eigenvalue weighted by Gasteiger charge is -2.09. The molecule has 0 N–H and O–H groups in total. The van der Waals surface area contributed by atoms with E-state index in [9.17, 15) is 14.4 Å². The van der Waals surface area contributed by atoms with E-state index in [1.54, 1.807) is 27.7 Å². The van der Waals surface area contributed by atoms with E-state index in [4.69, 9.17) is 9.47 Å². The Morgan fingerprint density at radius 2 is 1.83 bits per heavy atom. The third kappa shape index (κ3) is 3.26. The molecule has 0 aliphatic heterocycles. The average molecular weight is 338 g/mol. The van der Waals surface area contributed by atoms with Crippen LogP contribution in [0, 0.1) is 13.8 Å². The maximum Gasteiger partial charge on any atom is 0.350 e. The number of fused-ring (bicyclic) bond motifs is 1. The molecule has 2 aromatic heterocycles. The van der Waals surface area contributed by atoms with Crippen LogP contribution in [0.5, 0.6) is 0 Å². The van der Waals surface area contributed by atoms with Crippen LogP contribution in [0.3, 0.4) is 0 Å². The smallest absolute Gasteiger partial charge is 0.350 e. The van der Waals surface area contributed by atoms with Crippen LogP contribution >= 0.6 is 11.3 Å². The maximum atomic E-state index is 12.7. The Morgan fingerprint density at radius 3 is 2.43 bits per heavy atom. The summed E-state index contributed by atoms with van der Waals surface area (Å²) in [6.07, 6.45) is 0. The van der Waals surface area contributed by atoms with E-state index in [2.05, 4.69) is 4.98 Å². The standard InChI is InChI=1S/C15H18N2O5S/c1-5-21-10(18)7-17-9(4)16-12-11(14(17)19)8(3)23-13(12)15(20)22-6-2/h5-7H2,1-4H3. The number of rotatable bonds is 5. The molecular formula is C15H18N2O5S. The Labute approximate surface area is 136 Å². The van der Waals surface area contributed by atoms with Crippen LogP contribution in [-0.2, 0) is 20.8 Å². The highest BCUT2D eigenvalue weighted by atomic mass is 32.1. The second kappa shape index (κ2) is 6.91. The van der Waals surface area contributed by atoms with Crippen molar-refractivity contribution in [2.24, 2.45) is 0 Å². The zero-order valence-electron chi connectivity index (χ0n) is 13.5. The van der Waals surface area contributed by atoms with Gasteiger partial charge in [0.05, 0.1) is 18.6 Å². The molecule has 0 bridgehead atoms. The summed E-state index contributed by atoms with van der Waals surface area (Å²) in [7, 11) is 0. The van der Waals surface area contributed by atoms with Crippen LogP contribution in [0.1, 0.15) is 34.2 Å². The van der Waals surface area contributed by atoms with Gasteiger partial charge in [-0.15, -0.1) is 11.3 Å². The van der Waals surface area contributed by atoms with Crippen molar-refractivity contribution in [3.05, 3.63) is 25.9 Å². The first-order valence-electron chi connectivity index (χ1n) is 7.23. The molecule has 0 atom stereocenters. The summed E-state index contributed by atoms with van der Waals surface area (Å²) in [5.74, 6) is -0.652. The number of nitrogens with zero attached hydrogens (tertiary/aromatic N) is 2. The van der Waals surface area contributed by atoms with E-state index in [0.29, 0.717) is 26.5 Å². The fourth-order valence-electron chi connectivity index (χ4n) is 2.25. The Morgan fingerprint density at radius 1 is 1.17 bits per heavy atom. The predicted octanol–water partition coefficient (Wildman–Crippen LogP) is 1.81. The van der Waals surface area contributed by atoms with Crippen molar-refractivity contribution in [3.63, 3.8) is 0 Å². The van der Waals surface area contributed by atoms with Crippen molar-refractivity contribution in [3.8, 4) is 0 Å². The molecule has 0 spiro atoms. The highest BCUT2D eigenvalue weighted by Gasteiger charge is 2.22. The number of esters is 2. The summed E-state index contributed by atoms with van der Waals surface area (Å²) in [6, 6.07) is 0. The van der Waals surface area contributed by atoms with Gasteiger partial charge in [0.15, 0.2) is 0 Å². The fourth-order valence-corrected chi connectivity index (χ4v) is 3.23. The molecule has 0 saturated heterocycles. The van der Waals surface area contributed by atoms with Gasteiger partial charge in [-0.25, -0.2) is 9.78 Å². The quantitative estimate of drug-likeness (QED) is 0.773. The number of aromatic nitrogens is 2. The third-order valence-electron chi connectivity index (χ3n) is 3.24. The minimum absolute atomic E-state index is 0.203. The normalized spacial score (nSPS) is 10.8. The zero-order chi connectivity index (χ0) is 17.1. The van der Waals surface area contributed by atoms with E-state index >= 15 is 0 Å². The lowest BCUT2D eigenvalue weighted by molar-refractivity contribution is -0.143. The molecular weight excluding hydrogens is 320 g/mol. The number of aryl methyl sites for hydroxylation is 2.